The molecule has 2 aliphatic heterocycles. The zero-order valence-corrected chi connectivity index (χ0v) is 14.7. The summed E-state index contributed by atoms with van der Waals surface area (Å²) in [6.07, 6.45) is 1.63. The van der Waals surface area contributed by atoms with Crippen molar-refractivity contribution in [1.29, 1.82) is 0 Å². The zero-order chi connectivity index (χ0) is 17.9. The number of nitrogens with zero attached hydrogens (tertiary/aromatic N) is 1. The van der Waals surface area contributed by atoms with E-state index in [2.05, 4.69) is 4.90 Å². The number of hydrogen-bond donors (Lipinski definition) is 1. The molecular weight excluding hydrogens is 333 g/mol. The highest BCUT2D eigenvalue weighted by Gasteiger charge is 2.27. The molecule has 4 nitrogen and oxygen atoms in total. The van der Waals surface area contributed by atoms with Gasteiger partial charge in [-0.25, -0.2) is 4.39 Å². The fourth-order valence-electron chi connectivity index (χ4n) is 3.85. The van der Waals surface area contributed by atoms with Gasteiger partial charge < -0.3 is 14.6 Å². The van der Waals surface area contributed by atoms with Gasteiger partial charge >= 0.3 is 0 Å². The Balaban J connectivity index is 1.57. The lowest BCUT2D eigenvalue weighted by atomic mass is 9.98. The minimum absolute atomic E-state index is 0.207. The third-order valence-corrected chi connectivity index (χ3v) is 5.15. The number of aliphatic hydroxyl groups is 1. The van der Waals surface area contributed by atoms with E-state index in [0.717, 1.165) is 48.4 Å². The van der Waals surface area contributed by atoms with Crippen LogP contribution in [0.1, 0.15) is 35.8 Å². The van der Waals surface area contributed by atoms with Gasteiger partial charge in [-0.05, 0) is 37.4 Å². The van der Waals surface area contributed by atoms with Gasteiger partial charge in [-0.3, -0.25) is 4.90 Å². The molecule has 0 saturated carbocycles. The summed E-state index contributed by atoms with van der Waals surface area (Å²) in [7, 11) is 0. The summed E-state index contributed by atoms with van der Waals surface area (Å²) in [5, 5.41) is 9.44. The number of halogens is 1. The largest absolute Gasteiger partial charge is 0.460 e. The summed E-state index contributed by atoms with van der Waals surface area (Å²) < 4.78 is 26.0. The van der Waals surface area contributed by atoms with Crippen molar-refractivity contribution < 1.29 is 19.0 Å². The number of hydrogen-bond acceptors (Lipinski definition) is 4. The Labute approximate surface area is 153 Å². The van der Waals surface area contributed by atoms with Crippen molar-refractivity contribution in [2.75, 3.05) is 19.7 Å². The van der Waals surface area contributed by atoms with Gasteiger partial charge in [0.05, 0.1) is 6.61 Å². The fourth-order valence-corrected chi connectivity index (χ4v) is 3.85. The van der Waals surface area contributed by atoms with Crippen molar-refractivity contribution in [3.63, 3.8) is 0 Å². The minimum Gasteiger partial charge on any atom is -0.460 e. The molecule has 26 heavy (non-hydrogen) atoms. The molecule has 0 aromatic heterocycles. The second kappa shape index (κ2) is 7.74. The average molecular weight is 357 g/mol. The van der Waals surface area contributed by atoms with Crippen LogP contribution in [0.25, 0.3) is 0 Å². The lowest BCUT2D eigenvalue weighted by molar-refractivity contribution is -0.112. The molecule has 1 fully saturated rings. The third kappa shape index (κ3) is 3.75. The third-order valence-electron chi connectivity index (χ3n) is 5.15. The summed E-state index contributed by atoms with van der Waals surface area (Å²) in [6, 6.07) is 12.8. The molecule has 2 aromatic rings. The molecule has 0 aliphatic carbocycles. The standard InChI is InChI=1S/C21H24FNO3/c22-19-9-17(12-23-8-4-5-15(11-23)13-24)20-18(10-19)14-25-21(26-20)16-6-2-1-3-7-16/h1-3,6-7,9-10,15,21,24H,4-5,8,11-14H2. The van der Waals surface area contributed by atoms with Crippen molar-refractivity contribution in [3.05, 3.63) is 65.0 Å². The topological polar surface area (TPSA) is 41.9 Å². The van der Waals surface area contributed by atoms with Gasteiger partial charge in [-0.1, -0.05) is 30.3 Å². The van der Waals surface area contributed by atoms with Gasteiger partial charge in [0.2, 0.25) is 6.29 Å². The van der Waals surface area contributed by atoms with E-state index in [1.165, 1.54) is 6.07 Å². The van der Waals surface area contributed by atoms with Crippen molar-refractivity contribution in [3.8, 4) is 5.75 Å². The first-order valence-electron chi connectivity index (χ1n) is 9.20. The van der Waals surface area contributed by atoms with E-state index in [9.17, 15) is 9.50 Å². The number of fused-ring (bicyclic) bond motifs is 1. The Hall–Kier alpha value is -1.95. The van der Waals surface area contributed by atoms with Crippen molar-refractivity contribution in [1.82, 2.24) is 4.90 Å². The number of benzene rings is 2. The molecular formula is C21H24FNO3. The van der Waals surface area contributed by atoms with Gasteiger partial charge in [-0.15, -0.1) is 0 Å². The van der Waals surface area contributed by atoms with Gasteiger partial charge in [0, 0.05) is 36.4 Å². The molecule has 138 valence electrons. The molecule has 2 unspecified atom stereocenters. The van der Waals surface area contributed by atoms with E-state index in [1.807, 2.05) is 30.3 Å². The van der Waals surface area contributed by atoms with Crippen LogP contribution in [-0.2, 0) is 17.9 Å². The molecule has 1 N–H and O–H groups in total. The Morgan fingerprint density at radius 2 is 2.04 bits per heavy atom. The van der Waals surface area contributed by atoms with Crippen LogP contribution in [0.15, 0.2) is 42.5 Å². The molecule has 2 atom stereocenters. The number of likely N-dealkylation sites (tertiary alicyclic amines) is 1. The molecule has 2 heterocycles. The molecule has 0 amide bonds. The summed E-state index contributed by atoms with van der Waals surface area (Å²) in [5.41, 5.74) is 2.55. The highest BCUT2D eigenvalue weighted by atomic mass is 19.1. The van der Waals surface area contributed by atoms with Crippen molar-refractivity contribution >= 4 is 0 Å². The van der Waals surface area contributed by atoms with Crippen LogP contribution in [-0.4, -0.2) is 29.7 Å². The summed E-state index contributed by atoms with van der Waals surface area (Å²) in [4.78, 5) is 2.27. The maximum absolute atomic E-state index is 14.1. The Bertz CT molecular complexity index is 752. The van der Waals surface area contributed by atoms with E-state index in [0.29, 0.717) is 19.1 Å². The molecule has 0 radical (unpaired) electrons. The molecule has 2 aromatic carbocycles. The first-order chi connectivity index (χ1) is 12.7. The van der Waals surface area contributed by atoms with Crippen LogP contribution >= 0.6 is 0 Å². The maximum Gasteiger partial charge on any atom is 0.227 e. The monoisotopic (exact) mass is 357 g/mol. The fraction of sp³-hybridized carbons (Fsp3) is 0.429. The SMILES string of the molecule is OCC1CCCN(Cc2cc(F)cc3c2OC(c2ccccc2)OC3)C1. The van der Waals surface area contributed by atoms with Gasteiger partial charge in [0.15, 0.2) is 0 Å². The van der Waals surface area contributed by atoms with Gasteiger partial charge in [0.1, 0.15) is 11.6 Å². The van der Waals surface area contributed by atoms with Crippen LogP contribution < -0.4 is 4.74 Å². The molecule has 0 spiro atoms. The smallest absolute Gasteiger partial charge is 0.227 e. The Morgan fingerprint density at radius 1 is 1.19 bits per heavy atom. The zero-order valence-electron chi connectivity index (χ0n) is 14.7. The van der Waals surface area contributed by atoms with Crippen LogP contribution in [0, 0.1) is 11.7 Å². The molecule has 5 heteroatoms. The average Bonchev–Trinajstić information content (AvgIpc) is 2.68. The number of rotatable bonds is 4. The Kier molecular flexibility index (Phi) is 5.20. The quantitative estimate of drug-likeness (QED) is 0.907. The summed E-state index contributed by atoms with van der Waals surface area (Å²) in [6.45, 7) is 2.95. The van der Waals surface area contributed by atoms with E-state index in [-0.39, 0.29) is 12.4 Å². The predicted molar refractivity (Wildman–Crippen MR) is 96.1 cm³/mol. The second-order valence-corrected chi connectivity index (χ2v) is 7.15. The van der Waals surface area contributed by atoms with Crippen LogP contribution in [0.5, 0.6) is 5.75 Å². The van der Waals surface area contributed by atoms with Gasteiger partial charge in [-0.2, -0.15) is 0 Å². The van der Waals surface area contributed by atoms with Crippen LogP contribution in [0.3, 0.4) is 0 Å². The minimum atomic E-state index is -0.473. The highest BCUT2D eigenvalue weighted by molar-refractivity contribution is 5.43. The highest BCUT2D eigenvalue weighted by Crippen LogP contribution is 2.37. The molecule has 1 saturated heterocycles. The van der Waals surface area contributed by atoms with Gasteiger partial charge in [0.25, 0.3) is 0 Å². The summed E-state index contributed by atoms with van der Waals surface area (Å²) in [5.74, 6) is 0.770. The molecule has 0 bridgehead atoms. The normalized spacial score (nSPS) is 23.3. The van der Waals surface area contributed by atoms with Crippen molar-refractivity contribution in [2.24, 2.45) is 5.92 Å². The number of aliphatic hydroxyl groups excluding tert-OH is 1. The maximum atomic E-state index is 14.1. The predicted octanol–water partition coefficient (Wildman–Crippen LogP) is 3.64. The lowest BCUT2D eigenvalue weighted by Gasteiger charge is -2.34. The van der Waals surface area contributed by atoms with Crippen LogP contribution in [0.2, 0.25) is 0 Å². The summed E-state index contributed by atoms with van der Waals surface area (Å²) >= 11 is 0. The first kappa shape index (κ1) is 17.5. The second-order valence-electron chi connectivity index (χ2n) is 7.15. The number of ether oxygens (including phenoxy) is 2. The molecule has 4 rings (SSSR count). The van der Waals surface area contributed by atoms with E-state index < -0.39 is 6.29 Å². The lowest BCUT2D eigenvalue weighted by Crippen LogP contribution is -2.36. The number of piperidine rings is 1. The first-order valence-corrected chi connectivity index (χ1v) is 9.20. The van der Waals surface area contributed by atoms with E-state index in [1.54, 1.807) is 6.07 Å². The van der Waals surface area contributed by atoms with E-state index in [4.69, 9.17) is 9.47 Å². The van der Waals surface area contributed by atoms with E-state index >= 15 is 0 Å². The molecule has 2 aliphatic rings. The Morgan fingerprint density at radius 3 is 2.85 bits per heavy atom. The van der Waals surface area contributed by atoms with Crippen LogP contribution in [0.4, 0.5) is 4.39 Å². The van der Waals surface area contributed by atoms with Crippen molar-refractivity contribution in [2.45, 2.75) is 32.3 Å².